The maximum Gasteiger partial charge on any atom is 0 e. The Morgan fingerprint density at radius 2 is 2.33 bits per heavy atom. The number of hydrogen-bond donors (Lipinski definition) is 1. The van der Waals surface area contributed by atoms with Gasteiger partial charge in [0.1, 0.15) is 0 Å². The van der Waals surface area contributed by atoms with E-state index in [0.29, 0.717) is 12.0 Å². The summed E-state index contributed by atoms with van der Waals surface area (Å²) in [5.74, 6) is 0.312. The average Bonchev–Trinajstić information content (AvgIpc) is 2.14. The molecule has 1 heterocycles. The molecule has 1 aliphatic heterocycles. The van der Waals surface area contributed by atoms with Gasteiger partial charge in [-0.2, -0.15) is 11.5 Å². The van der Waals surface area contributed by atoms with Crippen LogP contribution in [0.15, 0.2) is 5.10 Å². The van der Waals surface area contributed by atoms with Crippen molar-refractivity contribution in [1.29, 1.82) is 0 Å². The predicted octanol–water partition coefficient (Wildman–Crippen LogP) is 0.616. The number of nitrogens with zero attached hydrogens (tertiary/aromatic N) is 1. The fraction of sp³-hybridized carbons (Fsp3) is 0.500. The second-order valence-corrected chi connectivity index (χ2v) is 1.97. The van der Waals surface area contributed by atoms with E-state index in [1.807, 2.05) is 6.21 Å². The summed E-state index contributed by atoms with van der Waals surface area (Å²) in [5.41, 5.74) is 2.90. The summed E-state index contributed by atoms with van der Waals surface area (Å²) in [6.07, 6.45) is 2.67. The topological polar surface area (TPSA) is 24.4 Å². The molecule has 9 heavy (non-hydrogen) atoms. The monoisotopic (exact) mass is 199 g/mol. The first-order valence-electron chi connectivity index (χ1n) is 2.75. The molecule has 0 aromatic rings. The van der Waals surface area contributed by atoms with Gasteiger partial charge >= 0.3 is 0 Å². The van der Waals surface area contributed by atoms with E-state index in [9.17, 15) is 0 Å². The van der Waals surface area contributed by atoms with Gasteiger partial charge < -0.3 is 19.3 Å². The van der Waals surface area contributed by atoms with Crippen LogP contribution in [0.5, 0.6) is 0 Å². The summed E-state index contributed by atoms with van der Waals surface area (Å²) in [6, 6.07) is 0.370. The first kappa shape index (κ1) is 9.57. The third kappa shape index (κ3) is 2.34. The van der Waals surface area contributed by atoms with Crippen LogP contribution in [0.1, 0.15) is 6.42 Å². The molecular weight excluding hydrogens is 189 g/mol. The van der Waals surface area contributed by atoms with E-state index in [-0.39, 0.29) is 32.7 Å². The van der Waals surface area contributed by atoms with Crippen LogP contribution in [0.2, 0.25) is 0 Å². The second-order valence-electron chi connectivity index (χ2n) is 1.97. The first-order valence-corrected chi connectivity index (χ1v) is 2.75. The van der Waals surface area contributed by atoms with Gasteiger partial charge in [-0.25, -0.2) is 0 Å². The fourth-order valence-electron chi connectivity index (χ4n) is 0.713. The average molecular weight is 199 g/mol. The summed E-state index contributed by atoms with van der Waals surface area (Å²) < 4.78 is 0. The minimum Gasteiger partial charge on any atom is -0.341 e. The molecule has 2 atom stereocenters. The molecule has 2 nitrogen and oxygen atoms in total. The Bertz CT molecular complexity index is 103. The van der Waals surface area contributed by atoms with Crippen molar-refractivity contribution >= 4 is 6.21 Å². The molecule has 1 N–H and O–H groups in total. The van der Waals surface area contributed by atoms with Crippen molar-refractivity contribution in [2.24, 2.45) is 11.0 Å². The Labute approximate surface area is 81.4 Å². The van der Waals surface area contributed by atoms with Crippen molar-refractivity contribution in [1.82, 2.24) is 5.43 Å². The maximum absolute atomic E-state index is 3.84. The van der Waals surface area contributed by atoms with E-state index in [1.165, 1.54) is 0 Å². The van der Waals surface area contributed by atoms with Crippen molar-refractivity contribution in [3.63, 3.8) is 0 Å². The Morgan fingerprint density at radius 3 is 2.56 bits per heavy atom. The van der Waals surface area contributed by atoms with E-state index in [4.69, 9.17) is 0 Å². The van der Waals surface area contributed by atoms with Crippen LogP contribution in [-0.4, -0.2) is 12.3 Å². The number of nitrogens with one attached hydrogen (secondary N) is 1. The van der Waals surface area contributed by atoms with Crippen LogP contribution in [0.3, 0.4) is 0 Å². The van der Waals surface area contributed by atoms with Crippen LogP contribution >= 0.6 is 0 Å². The van der Waals surface area contributed by atoms with Gasteiger partial charge in [-0.1, -0.05) is 0 Å². The van der Waals surface area contributed by atoms with E-state index in [0.717, 1.165) is 6.42 Å². The zero-order valence-electron chi connectivity index (χ0n) is 5.38. The smallest absolute Gasteiger partial charge is 0 e. The van der Waals surface area contributed by atoms with Crippen LogP contribution in [0, 0.1) is 19.8 Å². The van der Waals surface area contributed by atoms with Gasteiger partial charge in [0.25, 0.3) is 0 Å². The molecule has 1 aliphatic rings. The summed E-state index contributed by atoms with van der Waals surface area (Å²) in [6.45, 7) is 7.57. The van der Waals surface area contributed by atoms with Gasteiger partial charge in [0.2, 0.25) is 0 Å². The first-order chi connectivity index (χ1) is 3.84. The van der Waals surface area contributed by atoms with E-state index in [1.54, 1.807) is 0 Å². The van der Waals surface area contributed by atoms with Gasteiger partial charge in [-0.05, 0) is 12.3 Å². The molecule has 0 bridgehead atoms. The van der Waals surface area contributed by atoms with Crippen molar-refractivity contribution < 1.29 is 32.7 Å². The summed E-state index contributed by atoms with van der Waals surface area (Å²) in [7, 11) is 0. The van der Waals surface area contributed by atoms with Crippen molar-refractivity contribution in [3.05, 3.63) is 13.8 Å². The van der Waals surface area contributed by atoms with Gasteiger partial charge in [-0.15, -0.1) is 5.92 Å². The molecule has 1 rings (SSSR count). The molecule has 1 radical (unpaired) electrons. The molecule has 0 saturated carbocycles. The third-order valence-electron chi connectivity index (χ3n) is 1.33. The van der Waals surface area contributed by atoms with Crippen LogP contribution < -0.4 is 5.43 Å². The second kappa shape index (κ2) is 4.40. The normalized spacial score (nSPS) is 31.3. The van der Waals surface area contributed by atoms with E-state index < -0.39 is 0 Å². The zero-order valence-corrected chi connectivity index (χ0v) is 8.22. The Balaban J connectivity index is 0.000000640. The van der Waals surface area contributed by atoms with Gasteiger partial charge in [0.05, 0.1) is 0 Å². The number of hydrazone groups is 1. The van der Waals surface area contributed by atoms with Gasteiger partial charge in [-0.3, -0.25) is 0 Å². The fourth-order valence-corrected chi connectivity index (χ4v) is 0.713. The van der Waals surface area contributed by atoms with Gasteiger partial charge in [0, 0.05) is 32.7 Å². The quantitative estimate of drug-likeness (QED) is 0.615. The molecule has 2 unspecified atom stereocenters. The standard InChI is InChI=1S/C6H10N2.Y/c1-3-6-5(2)4-7-8-6;/h4-6,8H,1-3H2;/q-2;. The Kier molecular flexibility index (Phi) is 4.68. The zero-order chi connectivity index (χ0) is 5.98. The minimum absolute atomic E-state index is 0. The van der Waals surface area contributed by atoms with Crippen LogP contribution in [-0.2, 0) is 32.7 Å². The van der Waals surface area contributed by atoms with Crippen molar-refractivity contribution in [3.8, 4) is 0 Å². The molecule has 0 fully saturated rings. The predicted molar refractivity (Wildman–Crippen MR) is 34.2 cm³/mol. The molecular formula is C6H10N2Y-2. The van der Waals surface area contributed by atoms with Crippen molar-refractivity contribution in [2.45, 2.75) is 12.5 Å². The summed E-state index contributed by atoms with van der Waals surface area (Å²) in [5, 5.41) is 3.84. The molecule has 49 valence electrons. The molecule has 0 aromatic heterocycles. The molecule has 0 aliphatic carbocycles. The minimum atomic E-state index is 0. The maximum atomic E-state index is 3.84. The van der Waals surface area contributed by atoms with Crippen LogP contribution in [0.25, 0.3) is 0 Å². The molecule has 0 aromatic carbocycles. The molecule has 0 saturated heterocycles. The molecule has 3 heteroatoms. The molecule has 0 spiro atoms. The van der Waals surface area contributed by atoms with Crippen molar-refractivity contribution in [2.75, 3.05) is 0 Å². The molecule has 0 amide bonds. The van der Waals surface area contributed by atoms with Crippen LogP contribution in [0.4, 0.5) is 0 Å². The Morgan fingerprint density at radius 1 is 1.67 bits per heavy atom. The SMILES string of the molecule is [CH2-]CC1NN=CC1[CH2-].[Y]. The number of rotatable bonds is 1. The van der Waals surface area contributed by atoms with Gasteiger partial charge in [0.15, 0.2) is 0 Å². The van der Waals surface area contributed by atoms with E-state index >= 15 is 0 Å². The summed E-state index contributed by atoms with van der Waals surface area (Å²) >= 11 is 0. The summed E-state index contributed by atoms with van der Waals surface area (Å²) in [4.78, 5) is 0. The van der Waals surface area contributed by atoms with E-state index in [2.05, 4.69) is 24.4 Å². The third-order valence-corrected chi connectivity index (χ3v) is 1.33. The number of hydrogen-bond acceptors (Lipinski definition) is 2. The Hall–Kier alpha value is 0.574. The largest absolute Gasteiger partial charge is 0.341 e.